The van der Waals surface area contributed by atoms with Gasteiger partial charge in [-0.15, -0.1) is 16.4 Å². The summed E-state index contributed by atoms with van der Waals surface area (Å²) in [6.45, 7) is 1.94. The molecule has 22 heavy (non-hydrogen) atoms. The number of anilines is 2. The van der Waals surface area contributed by atoms with Crippen LogP contribution < -0.4 is 10.2 Å². The molecule has 0 saturated carbocycles. The number of aromatic amines is 1. The molecular formula is C14H16BrN5OS. The third-order valence-corrected chi connectivity index (χ3v) is 4.94. The van der Waals surface area contributed by atoms with Gasteiger partial charge in [-0.3, -0.25) is 10.1 Å². The Morgan fingerprint density at radius 3 is 2.91 bits per heavy atom. The summed E-state index contributed by atoms with van der Waals surface area (Å²) in [7, 11) is 0. The van der Waals surface area contributed by atoms with Crippen LogP contribution in [-0.4, -0.2) is 34.2 Å². The summed E-state index contributed by atoms with van der Waals surface area (Å²) >= 11 is 4.96. The minimum Gasteiger partial charge on any atom is -0.340 e. The van der Waals surface area contributed by atoms with Gasteiger partial charge >= 0.3 is 0 Å². The van der Waals surface area contributed by atoms with E-state index < -0.39 is 0 Å². The summed E-state index contributed by atoms with van der Waals surface area (Å²) < 4.78 is 1.04. The van der Waals surface area contributed by atoms with E-state index in [9.17, 15) is 4.79 Å². The van der Waals surface area contributed by atoms with E-state index in [1.807, 2.05) is 12.1 Å². The predicted molar refractivity (Wildman–Crippen MR) is 92.1 cm³/mol. The Hall–Kier alpha value is -1.67. The first-order chi connectivity index (χ1) is 10.7. The van der Waals surface area contributed by atoms with Gasteiger partial charge in [-0.2, -0.15) is 4.98 Å². The zero-order chi connectivity index (χ0) is 15.4. The fraction of sp³-hybridized carbons (Fsp3) is 0.357. The van der Waals surface area contributed by atoms with Crippen molar-refractivity contribution >= 4 is 51.1 Å². The first-order valence-electron chi connectivity index (χ1n) is 7.12. The maximum atomic E-state index is 11.9. The van der Waals surface area contributed by atoms with Gasteiger partial charge in [0.2, 0.25) is 11.9 Å². The van der Waals surface area contributed by atoms with E-state index in [0.29, 0.717) is 11.9 Å². The molecule has 0 aliphatic carbocycles. The van der Waals surface area contributed by atoms with Crippen molar-refractivity contribution in [1.82, 2.24) is 15.2 Å². The molecule has 1 aliphatic rings. The van der Waals surface area contributed by atoms with Gasteiger partial charge in [0.15, 0.2) is 0 Å². The van der Waals surface area contributed by atoms with Crippen LogP contribution in [0.2, 0.25) is 0 Å². The highest BCUT2D eigenvalue weighted by Crippen LogP contribution is 2.23. The number of aromatic nitrogens is 3. The van der Waals surface area contributed by atoms with Gasteiger partial charge < -0.3 is 4.90 Å². The highest BCUT2D eigenvalue weighted by Gasteiger charge is 2.15. The molecule has 0 radical (unpaired) electrons. The van der Waals surface area contributed by atoms with Crippen molar-refractivity contribution in [2.24, 2.45) is 0 Å². The molecule has 8 heteroatoms. The van der Waals surface area contributed by atoms with Crippen molar-refractivity contribution in [2.75, 3.05) is 23.3 Å². The Balaban J connectivity index is 1.57. The maximum absolute atomic E-state index is 11.9. The zero-order valence-electron chi connectivity index (χ0n) is 11.9. The van der Waals surface area contributed by atoms with Crippen LogP contribution in [0.1, 0.15) is 24.1 Å². The summed E-state index contributed by atoms with van der Waals surface area (Å²) in [5.74, 6) is 0.801. The number of amides is 1. The number of thiophene rings is 1. The lowest BCUT2D eigenvalue weighted by molar-refractivity contribution is -0.111. The molecule has 1 saturated heterocycles. The standard InChI is InChI=1S/C14H16BrN5OS/c15-11-6-4-10(22-11)5-7-12(21)16-13-17-14(19-18-13)20-8-2-1-3-9-20/h4-7H,1-3,8-9H2,(H2,16,17,18,19,21)/b7-5+. The number of rotatable bonds is 4. The molecule has 6 nitrogen and oxygen atoms in total. The molecule has 1 amide bonds. The average molecular weight is 382 g/mol. The van der Waals surface area contributed by atoms with E-state index in [2.05, 4.69) is 41.3 Å². The third kappa shape index (κ3) is 3.95. The number of carbonyl (C=O) groups is 1. The average Bonchev–Trinajstić information content (AvgIpc) is 3.15. The molecule has 1 fully saturated rings. The molecule has 0 spiro atoms. The minimum atomic E-state index is -0.231. The summed E-state index contributed by atoms with van der Waals surface area (Å²) in [4.78, 5) is 19.3. The second-order valence-corrected chi connectivity index (χ2v) is 7.49. The van der Waals surface area contributed by atoms with E-state index in [4.69, 9.17) is 0 Å². The number of nitrogens with one attached hydrogen (secondary N) is 2. The van der Waals surface area contributed by atoms with Crippen LogP contribution in [0.3, 0.4) is 0 Å². The fourth-order valence-corrected chi connectivity index (χ4v) is 3.60. The molecule has 1 aliphatic heterocycles. The third-order valence-electron chi connectivity index (χ3n) is 3.35. The fourth-order valence-electron chi connectivity index (χ4n) is 2.28. The number of piperidine rings is 1. The molecule has 2 aromatic rings. The molecule has 2 aromatic heterocycles. The van der Waals surface area contributed by atoms with Crippen LogP contribution in [0.15, 0.2) is 22.0 Å². The number of hydrogen-bond donors (Lipinski definition) is 2. The molecule has 0 unspecified atom stereocenters. The van der Waals surface area contributed by atoms with Crippen LogP contribution in [0.4, 0.5) is 11.9 Å². The van der Waals surface area contributed by atoms with Gasteiger partial charge in [0.25, 0.3) is 5.91 Å². The Labute approximate surface area is 140 Å². The molecular weight excluding hydrogens is 366 g/mol. The van der Waals surface area contributed by atoms with Gasteiger partial charge in [0.1, 0.15) is 0 Å². The minimum absolute atomic E-state index is 0.231. The Bertz CT molecular complexity index is 674. The van der Waals surface area contributed by atoms with Crippen molar-refractivity contribution in [3.63, 3.8) is 0 Å². The van der Waals surface area contributed by atoms with Crippen molar-refractivity contribution in [2.45, 2.75) is 19.3 Å². The predicted octanol–water partition coefficient (Wildman–Crippen LogP) is 3.27. The Morgan fingerprint density at radius 1 is 1.36 bits per heavy atom. The lowest BCUT2D eigenvalue weighted by atomic mass is 10.1. The van der Waals surface area contributed by atoms with E-state index in [1.54, 1.807) is 17.4 Å². The lowest BCUT2D eigenvalue weighted by Crippen LogP contribution is -2.30. The van der Waals surface area contributed by atoms with Crippen LogP contribution in [-0.2, 0) is 4.79 Å². The monoisotopic (exact) mass is 381 g/mol. The quantitative estimate of drug-likeness (QED) is 0.796. The van der Waals surface area contributed by atoms with Crippen LogP contribution in [0.25, 0.3) is 6.08 Å². The van der Waals surface area contributed by atoms with Crippen molar-refractivity contribution < 1.29 is 4.79 Å². The highest BCUT2D eigenvalue weighted by molar-refractivity contribution is 9.11. The smallest absolute Gasteiger partial charge is 0.250 e. The maximum Gasteiger partial charge on any atom is 0.250 e. The van der Waals surface area contributed by atoms with Crippen LogP contribution in [0, 0.1) is 0 Å². The molecule has 3 rings (SSSR count). The van der Waals surface area contributed by atoms with Crippen molar-refractivity contribution in [3.8, 4) is 0 Å². The van der Waals surface area contributed by atoms with E-state index in [0.717, 1.165) is 34.6 Å². The summed E-state index contributed by atoms with van der Waals surface area (Å²) in [5.41, 5.74) is 0. The van der Waals surface area contributed by atoms with Crippen LogP contribution in [0.5, 0.6) is 0 Å². The van der Waals surface area contributed by atoms with Gasteiger partial charge in [-0.05, 0) is 53.4 Å². The van der Waals surface area contributed by atoms with E-state index in [1.165, 1.54) is 12.5 Å². The zero-order valence-corrected chi connectivity index (χ0v) is 14.3. The van der Waals surface area contributed by atoms with Gasteiger partial charge in [-0.25, -0.2) is 5.10 Å². The number of hydrogen-bond acceptors (Lipinski definition) is 5. The molecule has 116 valence electrons. The first kappa shape index (κ1) is 15.2. The molecule has 0 bridgehead atoms. The summed E-state index contributed by atoms with van der Waals surface area (Å²) in [6.07, 6.45) is 6.84. The normalized spacial score (nSPS) is 15.4. The van der Waals surface area contributed by atoms with Crippen molar-refractivity contribution in [1.29, 1.82) is 0 Å². The van der Waals surface area contributed by atoms with Crippen LogP contribution >= 0.6 is 27.3 Å². The number of nitrogens with zero attached hydrogens (tertiary/aromatic N) is 3. The lowest BCUT2D eigenvalue weighted by Gasteiger charge is -2.24. The SMILES string of the molecule is O=C(/C=C/c1ccc(Br)s1)Nc1nc(N2CCCCC2)n[nH]1. The Kier molecular flexibility index (Phi) is 4.89. The van der Waals surface area contributed by atoms with Gasteiger partial charge in [0, 0.05) is 24.0 Å². The topological polar surface area (TPSA) is 73.9 Å². The summed E-state index contributed by atoms with van der Waals surface area (Å²) in [5, 5.41) is 9.61. The highest BCUT2D eigenvalue weighted by atomic mass is 79.9. The van der Waals surface area contributed by atoms with Gasteiger partial charge in [-0.1, -0.05) is 0 Å². The molecule has 3 heterocycles. The second-order valence-electron chi connectivity index (χ2n) is 5.00. The van der Waals surface area contributed by atoms with Gasteiger partial charge in [0.05, 0.1) is 3.79 Å². The largest absolute Gasteiger partial charge is 0.340 e. The first-order valence-corrected chi connectivity index (χ1v) is 8.73. The van der Waals surface area contributed by atoms with E-state index in [-0.39, 0.29) is 5.91 Å². The van der Waals surface area contributed by atoms with E-state index >= 15 is 0 Å². The molecule has 2 N–H and O–H groups in total. The second kappa shape index (κ2) is 7.06. The number of halogens is 1. The molecule has 0 atom stereocenters. The molecule has 0 aromatic carbocycles. The number of carbonyl (C=O) groups excluding carboxylic acids is 1. The van der Waals surface area contributed by atoms with Crippen molar-refractivity contribution in [3.05, 3.63) is 26.9 Å². The Morgan fingerprint density at radius 2 is 2.18 bits per heavy atom. The number of H-pyrrole nitrogens is 1. The summed E-state index contributed by atoms with van der Waals surface area (Å²) in [6, 6.07) is 3.89.